The zero-order valence-electron chi connectivity index (χ0n) is 10.5. The van der Waals surface area contributed by atoms with Crippen LogP contribution < -0.4 is 0 Å². The van der Waals surface area contributed by atoms with Crippen molar-refractivity contribution in [1.82, 2.24) is 9.80 Å². The first kappa shape index (κ1) is 14.1. The van der Waals surface area contributed by atoms with E-state index in [4.69, 9.17) is 0 Å². The molecule has 18 heavy (non-hydrogen) atoms. The molecule has 0 aromatic heterocycles. The molecule has 0 unspecified atom stereocenters. The summed E-state index contributed by atoms with van der Waals surface area (Å²) in [5.74, 6) is -1.19. The fourth-order valence-electron chi connectivity index (χ4n) is 1.55. The molecular weight excluding hydrogens is 240 g/mol. The fourth-order valence-corrected chi connectivity index (χ4v) is 1.55. The van der Waals surface area contributed by atoms with Crippen molar-refractivity contribution in [1.29, 1.82) is 0 Å². The molecule has 1 heterocycles. The number of hydrogen-bond acceptors (Lipinski definition) is 5. The van der Waals surface area contributed by atoms with E-state index in [0.717, 1.165) is 4.90 Å². The van der Waals surface area contributed by atoms with Gasteiger partial charge in [0.1, 0.15) is 6.54 Å². The SMILES string of the molecule is CCOC(=O)CCC(=O)CN1C(=O)CN(C)C1=O. The van der Waals surface area contributed by atoms with Crippen molar-refractivity contribution >= 4 is 23.7 Å². The van der Waals surface area contributed by atoms with Gasteiger partial charge in [-0.25, -0.2) is 4.79 Å². The molecular formula is C11H16N2O5. The second kappa shape index (κ2) is 6.13. The molecule has 1 aliphatic rings. The van der Waals surface area contributed by atoms with Crippen molar-refractivity contribution in [2.24, 2.45) is 0 Å². The van der Waals surface area contributed by atoms with E-state index in [-0.39, 0.29) is 38.3 Å². The third-order valence-corrected chi connectivity index (χ3v) is 2.48. The van der Waals surface area contributed by atoms with Crippen molar-refractivity contribution in [3.8, 4) is 0 Å². The Balaban J connectivity index is 2.39. The zero-order valence-corrected chi connectivity index (χ0v) is 10.5. The maximum atomic E-state index is 11.5. The van der Waals surface area contributed by atoms with Gasteiger partial charge < -0.3 is 9.64 Å². The molecule has 0 saturated carbocycles. The number of carbonyl (C=O) groups excluding carboxylic acids is 4. The number of ether oxygens (including phenoxy) is 1. The average Bonchev–Trinajstić information content (AvgIpc) is 2.54. The van der Waals surface area contributed by atoms with E-state index < -0.39 is 17.9 Å². The maximum absolute atomic E-state index is 11.5. The quantitative estimate of drug-likeness (QED) is 0.485. The van der Waals surface area contributed by atoms with Crippen LogP contribution in [0.3, 0.4) is 0 Å². The monoisotopic (exact) mass is 256 g/mol. The Morgan fingerprint density at radius 1 is 1.28 bits per heavy atom. The molecule has 1 rings (SSSR count). The summed E-state index contributed by atoms with van der Waals surface area (Å²) in [4.78, 5) is 47.6. The smallest absolute Gasteiger partial charge is 0.327 e. The van der Waals surface area contributed by atoms with Gasteiger partial charge in [0, 0.05) is 13.5 Å². The molecule has 7 nitrogen and oxygen atoms in total. The lowest BCUT2D eigenvalue weighted by Crippen LogP contribution is -2.36. The van der Waals surface area contributed by atoms with Gasteiger partial charge in [-0.05, 0) is 6.92 Å². The van der Waals surface area contributed by atoms with Crippen molar-refractivity contribution in [2.45, 2.75) is 19.8 Å². The number of amides is 3. The highest BCUT2D eigenvalue weighted by molar-refractivity contribution is 6.04. The third kappa shape index (κ3) is 3.54. The maximum Gasteiger partial charge on any atom is 0.327 e. The number of urea groups is 1. The van der Waals surface area contributed by atoms with Crippen LogP contribution in [-0.4, -0.2) is 60.2 Å². The number of rotatable bonds is 6. The van der Waals surface area contributed by atoms with Crippen LogP contribution in [0.15, 0.2) is 0 Å². The standard InChI is InChI=1S/C11H16N2O5/c1-3-18-10(16)5-4-8(14)6-13-9(15)7-12(2)11(13)17/h3-7H2,1-2H3. The second-order valence-electron chi connectivity index (χ2n) is 3.96. The van der Waals surface area contributed by atoms with E-state index in [1.54, 1.807) is 6.92 Å². The molecule has 0 bridgehead atoms. The Labute approximate surface area is 105 Å². The molecule has 100 valence electrons. The fraction of sp³-hybridized carbons (Fsp3) is 0.636. The molecule has 0 N–H and O–H groups in total. The van der Waals surface area contributed by atoms with E-state index in [9.17, 15) is 19.2 Å². The normalized spacial score (nSPS) is 15.2. The summed E-state index contributed by atoms with van der Waals surface area (Å²) >= 11 is 0. The molecule has 7 heteroatoms. The Morgan fingerprint density at radius 2 is 1.94 bits per heavy atom. The molecule has 1 fully saturated rings. The van der Waals surface area contributed by atoms with E-state index in [1.807, 2.05) is 0 Å². The van der Waals surface area contributed by atoms with Gasteiger partial charge >= 0.3 is 12.0 Å². The average molecular weight is 256 g/mol. The molecule has 1 saturated heterocycles. The molecule has 0 spiro atoms. The highest BCUT2D eigenvalue weighted by Crippen LogP contribution is 2.08. The highest BCUT2D eigenvalue weighted by Gasteiger charge is 2.34. The first-order chi connectivity index (χ1) is 8.45. The topological polar surface area (TPSA) is 84.0 Å². The van der Waals surface area contributed by atoms with Crippen LogP contribution >= 0.6 is 0 Å². The number of esters is 1. The van der Waals surface area contributed by atoms with Gasteiger partial charge in [0.2, 0.25) is 0 Å². The predicted molar refractivity (Wildman–Crippen MR) is 60.6 cm³/mol. The van der Waals surface area contributed by atoms with Gasteiger partial charge in [-0.2, -0.15) is 0 Å². The van der Waals surface area contributed by atoms with E-state index >= 15 is 0 Å². The number of nitrogens with zero attached hydrogens (tertiary/aromatic N) is 2. The molecule has 1 aliphatic heterocycles. The largest absolute Gasteiger partial charge is 0.466 e. The summed E-state index contributed by atoms with van der Waals surface area (Å²) in [6, 6.07) is -0.482. The summed E-state index contributed by atoms with van der Waals surface area (Å²) in [6.07, 6.45) is -0.0572. The zero-order chi connectivity index (χ0) is 13.7. The molecule has 0 aromatic rings. The number of ketones is 1. The van der Waals surface area contributed by atoms with Crippen molar-refractivity contribution < 1.29 is 23.9 Å². The number of likely N-dealkylation sites (N-methyl/N-ethyl adjacent to an activating group) is 1. The Morgan fingerprint density at radius 3 is 2.44 bits per heavy atom. The van der Waals surface area contributed by atoms with Crippen LogP contribution in [0.5, 0.6) is 0 Å². The number of Topliss-reactive ketones (excluding diaryl/α,β-unsaturated/α-hetero) is 1. The number of imide groups is 1. The van der Waals surface area contributed by atoms with Crippen LogP contribution in [0.4, 0.5) is 4.79 Å². The number of carbonyl (C=O) groups is 4. The summed E-state index contributed by atoms with van der Waals surface area (Å²) in [6.45, 7) is 1.66. The van der Waals surface area contributed by atoms with Crippen molar-refractivity contribution in [3.05, 3.63) is 0 Å². The van der Waals surface area contributed by atoms with Crippen molar-refractivity contribution in [3.63, 3.8) is 0 Å². The van der Waals surface area contributed by atoms with Crippen LogP contribution in [0.2, 0.25) is 0 Å². The molecule has 0 aliphatic carbocycles. The number of hydrogen-bond donors (Lipinski definition) is 0. The molecule has 0 radical (unpaired) electrons. The highest BCUT2D eigenvalue weighted by atomic mass is 16.5. The lowest BCUT2D eigenvalue weighted by atomic mass is 10.2. The second-order valence-corrected chi connectivity index (χ2v) is 3.96. The molecule has 0 aromatic carbocycles. The van der Waals surface area contributed by atoms with E-state index in [1.165, 1.54) is 11.9 Å². The van der Waals surface area contributed by atoms with Gasteiger partial charge in [0.05, 0.1) is 19.6 Å². The lowest BCUT2D eigenvalue weighted by molar-refractivity contribution is -0.144. The predicted octanol–water partition coefficient (Wildman–Crippen LogP) is -0.207. The summed E-state index contributed by atoms with van der Waals surface area (Å²) in [7, 11) is 1.49. The van der Waals surface area contributed by atoms with Gasteiger partial charge in [-0.3, -0.25) is 19.3 Å². The van der Waals surface area contributed by atoms with Gasteiger partial charge in [0.15, 0.2) is 5.78 Å². The van der Waals surface area contributed by atoms with Crippen LogP contribution in [0, 0.1) is 0 Å². The minimum absolute atomic E-state index is 0.00993. The van der Waals surface area contributed by atoms with Crippen LogP contribution in [-0.2, 0) is 19.1 Å². The third-order valence-electron chi connectivity index (χ3n) is 2.48. The Bertz CT molecular complexity index is 380. The van der Waals surface area contributed by atoms with Crippen LogP contribution in [0.1, 0.15) is 19.8 Å². The minimum Gasteiger partial charge on any atom is -0.466 e. The Kier molecular flexibility index (Phi) is 4.82. The summed E-state index contributed by atoms with van der Waals surface area (Å²) in [5, 5.41) is 0. The Hall–Kier alpha value is -1.92. The first-order valence-corrected chi connectivity index (χ1v) is 5.68. The van der Waals surface area contributed by atoms with E-state index in [0.29, 0.717) is 0 Å². The minimum atomic E-state index is -0.482. The van der Waals surface area contributed by atoms with Gasteiger partial charge in [-0.15, -0.1) is 0 Å². The van der Waals surface area contributed by atoms with Crippen LogP contribution in [0.25, 0.3) is 0 Å². The van der Waals surface area contributed by atoms with Crippen molar-refractivity contribution in [2.75, 3.05) is 26.7 Å². The summed E-state index contributed by atoms with van der Waals surface area (Å²) < 4.78 is 4.67. The molecule has 0 atom stereocenters. The first-order valence-electron chi connectivity index (χ1n) is 5.68. The van der Waals surface area contributed by atoms with Gasteiger partial charge in [-0.1, -0.05) is 0 Å². The molecule has 3 amide bonds. The van der Waals surface area contributed by atoms with Gasteiger partial charge in [0.25, 0.3) is 5.91 Å². The lowest BCUT2D eigenvalue weighted by Gasteiger charge is -2.12. The summed E-state index contributed by atoms with van der Waals surface area (Å²) in [5.41, 5.74) is 0. The van der Waals surface area contributed by atoms with E-state index in [2.05, 4.69) is 4.74 Å².